The SMILES string of the molecule is C=Cc1ncc(N2CC(Oc3nccnc3Cl)C2)nc1/C=C\C. The average Bonchev–Trinajstić information content (AvgIpc) is 2.52. The fourth-order valence-electron chi connectivity index (χ4n) is 2.24. The van der Waals surface area contributed by atoms with E-state index >= 15 is 0 Å². The zero-order valence-corrected chi connectivity index (χ0v) is 13.4. The molecule has 0 unspecified atom stereocenters. The van der Waals surface area contributed by atoms with Crippen LogP contribution in [0.5, 0.6) is 5.88 Å². The Balaban J connectivity index is 1.66. The third-order valence-corrected chi connectivity index (χ3v) is 3.67. The maximum absolute atomic E-state index is 5.94. The third kappa shape index (κ3) is 3.32. The van der Waals surface area contributed by atoms with Crippen molar-refractivity contribution >= 4 is 29.6 Å². The highest BCUT2D eigenvalue weighted by Gasteiger charge is 2.31. The summed E-state index contributed by atoms with van der Waals surface area (Å²) in [6.07, 6.45) is 10.4. The Morgan fingerprint density at radius 3 is 2.74 bits per heavy atom. The number of rotatable bonds is 5. The number of nitrogens with zero attached hydrogens (tertiary/aromatic N) is 5. The van der Waals surface area contributed by atoms with Gasteiger partial charge in [0.15, 0.2) is 5.15 Å². The summed E-state index contributed by atoms with van der Waals surface area (Å²) in [7, 11) is 0. The number of hydrogen-bond acceptors (Lipinski definition) is 6. The Morgan fingerprint density at radius 2 is 2.04 bits per heavy atom. The van der Waals surface area contributed by atoms with Crippen LogP contribution >= 0.6 is 11.6 Å². The molecule has 1 aliphatic rings. The van der Waals surface area contributed by atoms with Crippen LogP contribution in [0.15, 0.2) is 31.2 Å². The Morgan fingerprint density at radius 1 is 1.26 bits per heavy atom. The second kappa shape index (κ2) is 6.75. The molecule has 2 aromatic heterocycles. The average molecular weight is 330 g/mol. The van der Waals surface area contributed by atoms with Gasteiger partial charge in [0, 0.05) is 12.4 Å². The molecule has 3 heterocycles. The number of halogens is 1. The molecule has 0 amide bonds. The molecular weight excluding hydrogens is 314 g/mol. The Labute approximate surface area is 139 Å². The molecule has 0 aromatic carbocycles. The molecule has 0 atom stereocenters. The van der Waals surface area contributed by atoms with Gasteiger partial charge in [-0.1, -0.05) is 24.3 Å². The van der Waals surface area contributed by atoms with E-state index in [4.69, 9.17) is 16.3 Å². The molecule has 0 saturated carbocycles. The molecule has 23 heavy (non-hydrogen) atoms. The predicted octanol–water partition coefficient (Wildman–Crippen LogP) is 2.86. The first-order valence-electron chi connectivity index (χ1n) is 7.21. The van der Waals surface area contributed by atoms with Gasteiger partial charge in [-0.15, -0.1) is 0 Å². The molecule has 1 fully saturated rings. The van der Waals surface area contributed by atoms with Crippen LogP contribution in [-0.2, 0) is 0 Å². The Bertz CT molecular complexity index is 743. The fourth-order valence-corrected chi connectivity index (χ4v) is 2.39. The highest BCUT2D eigenvalue weighted by molar-refractivity contribution is 6.30. The molecule has 1 saturated heterocycles. The second-order valence-electron chi connectivity index (χ2n) is 5.00. The summed E-state index contributed by atoms with van der Waals surface area (Å²) < 4.78 is 5.73. The van der Waals surface area contributed by atoms with Crippen molar-refractivity contribution < 1.29 is 4.74 Å². The first-order valence-corrected chi connectivity index (χ1v) is 7.59. The van der Waals surface area contributed by atoms with Gasteiger partial charge < -0.3 is 9.64 Å². The lowest BCUT2D eigenvalue weighted by Gasteiger charge is -2.39. The van der Waals surface area contributed by atoms with E-state index in [9.17, 15) is 0 Å². The van der Waals surface area contributed by atoms with Crippen molar-refractivity contribution in [3.63, 3.8) is 0 Å². The van der Waals surface area contributed by atoms with Crippen molar-refractivity contribution in [1.29, 1.82) is 0 Å². The van der Waals surface area contributed by atoms with Crippen LogP contribution in [0, 0.1) is 0 Å². The van der Waals surface area contributed by atoms with E-state index in [0.29, 0.717) is 19.0 Å². The van der Waals surface area contributed by atoms with E-state index < -0.39 is 0 Å². The summed E-state index contributed by atoms with van der Waals surface area (Å²) in [4.78, 5) is 19.1. The monoisotopic (exact) mass is 329 g/mol. The highest BCUT2D eigenvalue weighted by atomic mass is 35.5. The van der Waals surface area contributed by atoms with E-state index in [1.54, 1.807) is 18.5 Å². The zero-order chi connectivity index (χ0) is 16.2. The largest absolute Gasteiger partial charge is 0.468 e. The van der Waals surface area contributed by atoms with Gasteiger partial charge in [0.1, 0.15) is 11.9 Å². The van der Waals surface area contributed by atoms with Crippen molar-refractivity contribution in [3.8, 4) is 5.88 Å². The van der Waals surface area contributed by atoms with Crippen LogP contribution in [0.3, 0.4) is 0 Å². The van der Waals surface area contributed by atoms with E-state index in [1.165, 1.54) is 6.20 Å². The first-order chi connectivity index (χ1) is 11.2. The summed E-state index contributed by atoms with van der Waals surface area (Å²) in [5.74, 6) is 1.18. The quantitative estimate of drug-likeness (QED) is 0.840. The standard InChI is InChI=1S/C16H16ClN5O/c1-3-5-13-12(4-2)20-8-14(21-13)22-9-11(10-22)23-16-15(17)18-6-7-19-16/h3-8,11H,2,9-10H2,1H3/b5-3-. The van der Waals surface area contributed by atoms with Crippen molar-refractivity contribution in [2.75, 3.05) is 18.0 Å². The third-order valence-electron chi connectivity index (χ3n) is 3.41. The van der Waals surface area contributed by atoms with Crippen LogP contribution in [0.4, 0.5) is 5.82 Å². The summed E-state index contributed by atoms with van der Waals surface area (Å²) in [6, 6.07) is 0. The molecule has 118 valence electrons. The lowest BCUT2D eigenvalue weighted by atomic mass is 10.1. The molecule has 2 aromatic rings. The number of allylic oxidation sites excluding steroid dienone is 1. The molecule has 0 spiro atoms. The molecule has 7 heteroatoms. The Kier molecular flexibility index (Phi) is 4.52. The zero-order valence-electron chi connectivity index (χ0n) is 12.7. The van der Waals surface area contributed by atoms with Gasteiger partial charge >= 0.3 is 0 Å². The smallest absolute Gasteiger partial charge is 0.252 e. The molecule has 0 N–H and O–H groups in total. The van der Waals surface area contributed by atoms with Crippen molar-refractivity contribution in [2.45, 2.75) is 13.0 Å². The minimum Gasteiger partial charge on any atom is -0.468 e. The number of aromatic nitrogens is 4. The molecule has 3 rings (SSSR count). The van der Waals surface area contributed by atoms with Crippen LogP contribution in [0.1, 0.15) is 18.3 Å². The maximum Gasteiger partial charge on any atom is 0.252 e. The van der Waals surface area contributed by atoms with Crippen LogP contribution in [0.25, 0.3) is 12.2 Å². The normalized spacial score (nSPS) is 14.8. The predicted molar refractivity (Wildman–Crippen MR) is 90.5 cm³/mol. The minimum atomic E-state index is 0.00949. The number of anilines is 1. The van der Waals surface area contributed by atoms with Gasteiger partial charge in [0.25, 0.3) is 5.88 Å². The van der Waals surface area contributed by atoms with Crippen LogP contribution in [0.2, 0.25) is 5.15 Å². The van der Waals surface area contributed by atoms with E-state index in [2.05, 4.69) is 31.4 Å². The fraction of sp³-hybridized carbons (Fsp3) is 0.250. The van der Waals surface area contributed by atoms with Crippen molar-refractivity contribution in [2.24, 2.45) is 0 Å². The van der Waals surface area contributed by atoms with Crippen LogP contribution < -0.4 is 9.64 Å². The topological polar surface area (TPSA) is 64.0 Å². The maximum atomic E-state index is 5.94. The lowest BCUT2D eigenvalue weighted by molar-refractivity contribution is 0.159. The molecule has 0 aliphatic carbocycles. The minimum absolute atomic E-state index is 0.00949. The molecule has 1 aliphatic heterocycles. The van der Waals surface area contributed by atoms with E-state index in [1.807, 2.05) is 19.1 Å². The summed E-state index contributed by atoms with van der Waals surface area (Å²) >= 11 is 5.94. The van der Waals surface area contributed by atoms with Crippen molar-refractivity contribution in [3.05, 3.63) is 47.8 Å². The lowest BCUT2D eigenvalue weighted by Crippen LogP contribution is -2.54. The highest BCUT2D eigenvalue weighted by Crippen LogP contribution is 2.25. The summed E-state index contributed by atoms with van der Waals surface area (Å²) in [6.45, 7) is 7.10. The van der Waals surface area contributed by atoms with Crippen molar-refractivity contribution in [1.82, 2.24) is 19.9 Å². The van der Waals surface area contributed by atoms with Gasteiger partial charge in [-0.3, -0.25) is 4.98 Å². The van der Waals surface area contributed by atoms with Gasteiger partial charge in [0.05, 0.1) is 30.7 Å². The first kappa shape index (κ1) is 15.4. The van der Waals surface area contributed by atoms with Gasteiger partial charge in [-0.25, -0.2) is 15.0 Å². The molecule has 0 radical (unpaired) electrons. The van der Waals surface area contributed by atoms with E-state index in [-0.39, 0.29) is 11.3 Å². The number of hydrogen-bond donors (Lipinski definition) is 0. The van der Waals surface area contributed by atoms with Gasteiger partial charge in [0.2, 0.25) is 0 Å². The second-order valence-corrected chi connectivity index (χ2v) is 5.36. The molecule has 0 bridgehead atoms. The van der Waals surface area contributed by atoms with Crippen LogP contribution in [-0.4, -0.2) is 39.1 Å². The number of ether oxygens (including phenoxy) is 1. The molecular formula is C16H16ClN5O. The molecule has 6 nitrogen and oxygen atoms in total. The van der Waals surface area contributed by atoms with Gasteiger partial charge in [-0.05, 0) is 19.1 Å². The van der Waals surface area contributed by atoms with Gasteiger partial charge in [-0.2, -0.15) is 0 Å². The van der Waals surface area contributed by atoms with E-state index in [0.717, 1.165) is 17.2 Å². The Hall–Kier alpha value is -2.47. The summed E-state index contributed by atoms with van der Waals surface area (Å²) in [5.41, 5.74) is 1.58. The summed E-state index contributed by atoms with van der Waals surface area (Å²) in [5, 5.41) is 0.274.